The molecule has 2 rings (SSSR count). The molecule has 0 aliphatic heterocycles. The van der Waals surface area contributed by atoms with Gasteiger partial charge in [-0.3, -0.25) is 4.79 Å². The van der Waals surface area contributed by atoms with Gasteiger partial charge in [0.2, 0.25) is 0 Å². The monoisotopic (exact) mass is 407 g/mol. The maximum absolute atomic E-state index is 12.1. The summed E-state index contributed by atoms with van der Waals surface area (Å²) in [6.45, 7) is 0.726. The van der Waals surface area contributed by atoms with E-state index in [2.05, 4.69) is 37.2 Å². The predicted molar refractivity (Wildman–Crippen MR) is 86.2 cm³/mol. The van der Waals surface area contributed by atoms with Gasteiger partial charge in [-0.1, -0.05) is 49.9 Å². The van der Waals surface area contributed by atoms with Crippen molar-refractivity contribution >= 4 is 49.4 Å². The quantitative estimate of drug-likeness (QED) is 0.715. The number of benzene rings is 1. The zero-order valence-electron chi connectivity index (χ0n) is 10.5. The summed E-state index contributed by atoms with van der Waals surface area (Å²) >= 11 is 13.1. The molecule has 0 bridgehead atoms. The molecule has 0 heterocycles. The fourth-order valence-corrected chi connectivity index (χ4v) is 3.83. The van der Waals surface area contributed by atoms with Crippen molar-refractivity contribution in [2.45, 2.75) is 30.5 Å². The van der Waals surface area contributed by atoms with Gasteiger partial charge in [-0.05, 0) is 43.4 Å². The van der Waals surface area contributed by atoms with Crippen LogP contribution >= 0.6 is 43.5 Å². The highest BCUT2D eigenvalue weighted by Crippen LogP contribution is 2.28. The van der Waals surface area contributed by atoms with Crippen LogP contribution in [0.5, 0.6) is 0 Å². The minimum atomic E-state index is -0.0944. The van der Waals surface area contributed by atoms with Crippen molar-refractivity contribution in [2.75, 3.05) is 6.54 Å². The lowest BCUT2D eigenvalue weighted by Crippen LogP contribution is -2.32. The molecule has 2 nitrogen and oxygen atoms in total. The van der Waals surface area contributed by atoms with Crippen LogP contribution in [-0.4, -0.2) is 17.3 Å². The number of alkyl halides is 1. The maximum atomic E-state index is 12.1. The number of hydrogen-bond donors (Lipinski definition) is 1. The molecule has 2 unspecified atom stereocenters. The molecule has 19 heavy (non-hydrogen) atoms. The van der Waals surface area contributed by atoms with Crippen LogP contribution in [0.4, 0.5) is 0 Å². The first-order valence-corrected chi connectivity index (χ1v) is 8.52. The number of nitrogens with one attached hydrogen (secondary N) is 1. The van der Waals surface area contributed by atoms with Crippen molar-refractivity contribution in [1.82, 2.24) is 5.32 Å². The van der Waals surface area contributed by atoms with Crippen LogP contribution in [0.1, 0.15) is 36.0 Å². The highest BCUT2D eigenvalue weighted by Gasteiger charge is 2.21. The molecule has 1 saturated carbocycles. The molecular formula is C14H16Br2ClNO. The number of halogens is 3. The van der Waals surface area contributed by atoms with Crippen molar-refractivity contribution in [3.8, 4) is 0 Å². The second-order valence-corrected chi connectivity index (χ2v) is 7.58. The fraction of sp³-hybridized carbons (Fsp3) is 0.500. The van der Waals surface area contributed by atoms with Gasteiger partial charge in [-0.25, -0.2) is 0 Å². The van der Waals surface area contributed by atoms with E-state index in [-0.39, 0.29) is 5.91 Å². The van der Waals surface area contributed by atoms with Crippen LogP contribution in [0.3, 0.4) is 0 Å². The standard InChI is InChI=1S/C14H16Br2ClNO/c15-10-3-1-2-9(6-10)8-18-14(19)12-7-11(16)4-5-13(12)17/h4-5,7,9-10H,1-3,6,8H2,(H,18,19). The molecule has 0 saturated heterocycles. The Labute approximate surface area is 135 Å². The smallest absolute Gasteiger partial charge is 0.252 e. The summed E-state index contributed by atoms with van der Waals surface area (Å²) in [6, 6.07) is 5.32. The van der Waals surface area contributed by atoms with Crippen LogP contribution < -0.4 is 5.32 Å². The summed E-state index contributed by atoms with van der Waals surface area (Å²) in [5.74, 6) is 0.469. The first kappa shape index (κ1) is 15.3. The second-order valence-electron chi connectivity index (χ2n) is 4.96. The zero-order chi connectivity index (χ0) is 13.8. The van der Waals surface area contributed by atoms with Crippen molar-refractivity contribution in [3.05, 3.63) is 33.3 Å². The SMILES string of the molecule is O=C(NCC1CCCC(Br)C1)c1cc(Br)ccc1Cl. The van der Waals surface area contributed by atoms with Crippen LogP contribution in [0, 0.1) is 5.92 Å². The molecule has 1 aromatic carbocycles. The summed E-state index contributed by atoms with van der Waals surface area (Å²) < 4.78 is 0.861. The van der Waals surface area contributed by atoms with E-state index in [1.165, 1.54) is 19.3 Å². The molecule has 1 amide bonds. The average molecular weight is 410 g/mol. The van der Waals surface area contributed by atoms with Gasteiger partial charge >= 0.3 is 0 Å². The van der Waals surface area contributed by atoms with Crippen molar-refractivity contribution in [3.63, 3.8) is 0 Å². The van der Waals surface area contributed by atoms with E-state index in [9.17, 15) is 4.79 Å². The van der Waals surface area contributed by atoms with E-state index in [0.29, 0.717) is 21.3 Å². The summed E-state index contributed by atoms with van der Waals surface area (Å²) in [7, 11) is 0. The molecule has 0 spiro atoms. The van der Waals surface area contributed by atoms with Gasteiger partial charge in [0.15, 0.2) is 0 Å². The Bertz CT molecular complexity index is 467. The van der Waals surface area contributed by atoms with Crippen molar-refractivity contribution < 1.29 is 4.79 Å². The Balaban J connectivity index is 1.92. The molecule has 104 valence electrons. The van der Waals surface area contributed by atoms with E-state index < -0.39 is 0 Å². The lowest BCUT2D eigenvalue weighted by molar-refractivity contribution is 0.0944. The van der Waals surface area contributed by atoms with Crippen LogP contribution in [0.15, 0.2) is 22.7 Å². The third-order valence-corrected chi connectivity index (χ3v) is 5.10. The van der Waals surface area contributed by atoms with Gasteiger partial charge < -0.3 is 5.32 Å². The van der Waals surface area contributed by atoms with Gasteiger partial charge in [0, 0.05) is 15.8 Å². The highest BCUT2D eigenvalue weighted by atomic mass is 79.9. The number of rotatable bonds is 3. The summed E-state index contributed by atoms with van der Waals surface area (Å²) in [5, 5.41) is 3.48. The van der Waals surface area contributed by atoms with E-state index in [4.69, 9.17) is 11.6 Å². The summed E-state index contributed by atoms with van der Waals surface area (Å²) in [6.07, 6.45) is 4.79. The van der Waals surface area contributed by atoms with Gasteiger partial charge in [-0.15, -0.1) is 0 Å². The Morgan fingerprint density at radius 1 is 1.42 bits per heavy atom. The predicted octanol–water partition coefficient (Wildman–Crippen LogP) is 4.79. The number of carbonyl (C=O) groups excluding carboxylic acids is 1. The van der Waals surface area contributed by atoms with Crippen LogP contribution in [0.2, 0.25) is 5.02 Å². The minimum Gasteiger partial charge on any atom is -0.352 e. The molecule has 2 atom stereocenters. The van der Waals surface area contributed by atoms with E-state index in [1.807, 2.05) is 6.07 Å². The number of amides is 1. The van der Waals surface area contributed by atoms with Crippen LogP contribution in [0.25, 0.3) is 0 Å². The van der Waals surface area contributed by atoms with Gasteiger partial charge in [-0.2, -0.15) is 0 Å². The highest BCUT2D eigenvalue weighted by molar-refractivity contribution is 9.10. The molecule has 1 aromatic rings. The van der Waals surface area contributed by atoms with Gasteiger partial charge in [0.25, 0.3) is 5.91 Å². The molecule has 0 aromatic heterocycles. The summed E-state index contributed by atoms with van der Waals surface area (Å²) in [5.41, 5.74) is 0.530. The Morgan fingerprint density at radius 2 is 2.21 bits per heavy atom. The number of hydrogen-bond acceptors (Lipinski definition) is 1. The van der Waals surface area contributed by atoms with Crippen molar-refractivity contribution in [1.29, 1.82) is 0 Å². The molecule has 1 aliphatic carbocycles. The third-order valence-electron chi connectivity index (χ3n) is 3.44. The molecule has 0 radical (unpaired) electrons. The zero-order valence-corrected chi connectivity index (χ0v) is 14.4. The topological polar surface area (TPSA) is 29.1 Å². The average Bonchev–Trinajstić information content (AvgIpc) is 2.39. The van der Waals surface area contributed by atoms with E-state index in [1.54, 1.807) is 12.1 Å². The van der Waals surface area contributed by atoms with E-state index >= 15 is 0 Å². The lowest BCUT2D eigenvalue weighted by Gasteiger charge is -2.25. The minimum absolute atomic E-state index is 0.0944. The largest absolute Gasteiger partial charge is 0.352 e. The normalized spacial score (nSPS) is 23.1. The second kappa shape index (κ2) is 7.09. The van der Waals surface area contributed by atoms with E-state index in [0.717, 1.165) is 17.4 Å². The molecule has 1 fully saturated rings. The summed E-state index contributed by atoms with van der Waals surface area (Å²) in [4.78, 5) is 12.7. The fourth-order valence-electron chi connectivity index (χ4n) is 2.41. The van der Waals surface area contributed by atoms with Crippen molar-refractivity contribution in [2.24, 2.45) is 5.92 Å². The lowest BCUT2D eigenvalue weighted by atomic mass is 9.89. The maximum Gasteiger partial charge on any atom is 0.252 e. The molecule has 1 aliphatic rings. The van der Waals surface area contributed by atoms with Gasteiger partial charge in [0.1, 0.15) is 0 Å². The molecule has 5 heteroatoms. The Kier molecular flexibility index (Phi) is 5.72. The molecule has 1 N–H and O–H groups in total. The third kappa shape index (κ3) is 4.47. The first-order chi connectivity index (χ1) is 9.06. The van der Waals surface area contributed by atoms with Crippen LogP contribution in [-0.2, 0) is 0 Å². The number of carbonyl (C=O) groups is 1. The van der Waals surface area contributed by atoms with Gasteiger partial charge in [0.05, 0.1) is 10.6 Å². The Morgan fingerprint density at radius 3 is 2.95 bits per heavy atom. The Hall–Kier alpha value is -0.0600. The molecular weight excluding hydrogens is 393 g/mol. The first-order valence-electron chi connectivity index (χ1n) is 6.43.